The molecule has 0 aliphatic carbocycles. The van der Waals surface area contributed by atoms with E-state index in [9.17, 15) is 4.79 Å². The van der Waals surface area contributed by atoms with Gasteiger partial charge in [-0.15, -0.1) is 0 Å². The summed E-state index contributed by atoms with van der Waals surface area (Å²) in [5.74, 6) is 1.12. The lowest BCUT2D eigenvalue weighted by molar-refractivity contribution is 0.0960. The van der Waals surface area contributed by atoms with Crippen molar-refractivity contribution in [1.82, 2.24) is 9.80 Å². The lowest BCUT2D eigenvalue weighted by Gasteiger charge is -2.41. The van der Waals surface area contributed by atoms with E-state index in [0.717, 1.165) is 48.5 Å². The Labute approximate surface area is 143 Å². The highest BCUT2D eigenvalue weighted by Gasteiger charge is 2.35. The minimum atomic E-state index is 0.210. The number of benzene rings is 2. The molecule has 126 valence electrons. The van der Waals surface area contributed by atoms with Gasteiger partial charge >= 0.3 is 0 Å². The summed E-state index contributed by atoms with van der Waals surface area (Å²) < 4.78 is 6.40. The minimum absolute atomic E-state index is 0.210. The van der Waals surface area contributed by atoms with Crippen LogP contribution in [0.1, 0.15) is 16.8 Å². The first-order valence-electron chi connectivity index (χ1n) is 8.54. The summed E-state index contributed by atoms with van der Waals surface area (Å²) in [6, 6.07) is 17.8. The number of Topliss-reactive ketones (excluding diaryl/α,β-unsaturated/α-hetero) is 1. The summed E-state index contributed by atoms with van der Waals surface area (Å²) >= 11 is 0. The van der Waals surface area contributed by atoms with Gasteiger partial charge < -0.3 is 10.1 Å². The highest BCUT2D eigenvalue weighted by Crippen LogP contribution is 2.34. The van der Waals surface area contributed by atoms with Crippen LogP contribution in [0.3, 0.4) is 0 Å². The molecule has 1 heterocycles. The average molecular weight is 325 g/mol. The van der Waals surface area contributed by atoms with E-state index in [2.05, 4.69) is 17.4 Å². The molecule has 0 aromatic heterocycles. The molecule has 1 fully saturated rings. The summed E-state index contributed by atoms with van der Waals surface area (Å²) in [5.41, 5.74) is 1.98. The van der Waals surface area contributed by atoms with Crippen LogP contribution in [0.25, 0.3) is 0 Å². The molecular formula is C20H25N2O2+. The number of carbonyl (C=O) groups is 1. The van der Waals surface area contributed by atoms with E-state index >= 15 is 0 Å². The second-order valence-corrected chi connectivity index (χ2v) is 6.28. The van der Waals surface area contributed by atoms with Crippen molar-refractivity contribution in [2.75, 3.05) is 39.8 Å². The summed E-state index contributed by atoms with van der Waals surface area (Å²) in [6.45, 7) is 4.66. The molecule has 0 unspecified atom stereocenters. The minimum Gasteiger partial charge on any atom is -0.491 e. The van der Waals surface area contributed by atoms with Crippen molar-refractivity contribution < 1.29 is 9.53 Å². The lowest BCUT2D eigenvalue weighted by Crippen LogP contribution is -2.60. The maximum Gasteiger partial charge on any atom is 0.179 e. The van der Waals surface area contributed by atoms with Crippen molar-refractivity contribution in [3.63, 3.8) is 0 Å². The number of quaternary nitrogens is 1. The van der Waals surface area contributed by atoms with Crippen molar-refractivity contribution >= 4 is 11.5 Å². The second kappa shape index (κ2) is 7.60. The fourth-order valence-electron chi connectivity index (χ4n) is 3.51. The van der Waals surface area contributed by atoms with Crippen LogP contribution >= 0.6 is 0 Å². The molecule has 0 saturated carbocycles. The number of ether oxygens (including phenoxy) is 1. The number of carbonyl (C=O) groups excluding carboxylic acids is 1. The van der Waals surface area contributed by atoms with E-state index in [1.807, 2.05) is 42.5 Å². The Bertz CT molecular complexity index is 679. The maximum atomic E-state index is 12.6. The standard InChI is InChI=1S/C20H25N2O2/c1-24-20-10-6-5-9-18(20)22(15-12-21-13-16-22)14-11-19(23)17-7-3-2-4-8-17/h2-10,21H,11-16H2,1H3/q+1. The fraction of sp³-hybridized carbons (Fsp3) is 0.350. The monoisotopic (exact) mass is 325 g/mol. The molecule has 0 spiro atoms. The molecule has 0 bridgehead atoms. The van der Waals surface area contributed by atoms with E-state index in [0.29, 0.717) is 6.42 Å². The number of hydrogen-bond acceptors (Lipinski definition) is 3. The van der Waals surface area contributed by atoms with Crippen LogP contribution in [0.4, 0.5) is 5.69 Å². The Kier molecular flexibility index (Phi) is 5.28. The highest BCUT2D eigenvalue weighted by atomic mass is 16.5. The van der Waals surface area contributed by atoms with E-state index in [1.165, 1.54) is 5.69 Å². The van der Waals surface area contributed by atoms with Gasteiger partial charge in [-0.2, -0.15) is 0 Å². The number of piperazine rings is 1. The summed E-state index contributed by atoms with van der Waals surface area (Å²) in [7, 11) is 1.71. The first kappa shape index (κ1) is 16.7. The zero-order chi connectivity index (χ0) is 16.8. The topological polar surface area (TPSA) is 38.3 Å². The molecule has 4 heteroatoms. The molecule has 1 aliphatic rings. The molecule has 0 radical (unpaired) electrons. The molecular weight excluding hydrogens is 300 g/mol. The lowest BCUT2D eigenvalue weighted by atomic mass is 10.1. The van der Waals surface area contributed by atoms with E-state index in [1.54, 1.807) is 7.11 Å². The van der Waals surface area contributed by atoms with Gasteiger partial charge in [0.2, 0.25) is 0 Å². The van der Waals surface area contributed by atoms with Gasteiger partial charge in [-0.05, 0) is 6.07 Å². The van der Waals surface area contributed by atoms with Gasteiger partial charge in [0.1, 0.15) is 0 Å². The first-order chi connectivity index (χ1) is 11.7. The van der Waals surface area contributed by atoms with Gasteiger partial charge in [0.15, 0.2) is 17.2 Å². The largest absolute Gasteiger partial charge is 0.491 e. The third kappa shape index (κ3) is 3.50. The molecule has 0 amide bonds. The van der Waals surface area contributed by atoms with Crippen molar-refractivity contribution in [2.24, 2.45) is 0 Å². The first-order valence-corrected chi connectivity index (χ1v) is 8.54. The zero-order valence-corrected chi connectivity index (χ0v) is 14.2. The third-order valence-electron chi connectivity index (χ3n) is 4.89. The maximum absolute atomic E-state index is 12.6. The van der Waals surface area contributed by atoms with Crippen molar-refractivity contribution in [3.05, 3.63) is 60.2 Å². The molecule has 0 atom stereocenters. The Morgan fingerprint density at radius 2 is 1.71 bits per heavy atom. The number of para-hydroxylation sites is 2. The number of ketones is 1. The Balaban J connectivity index is 1.83. The molecule has 1 aliphatic heterocycles. The van der Waals surface area contributed by atoms with E-state index < -0.39 is 0 Å². The summed E-state index contributed by atoms with van der Waals surface area (Å²) in [5, 5.41) is 3.42. The van der Waals surface area contributed by atoms with Crippen molar-refractivity contribution in [3.8, 4) is 5.75 Å². The summed E-state index contributed by atoms with van der Waals surface area (Å²) in [4.78, 5) is 12.6. The fourth-order valence-corrected chi connectivity index (χ4v) is 3.51. The zero-order valence-electron chi connectivity index (χ0n) is 14.2. The van der Waals surface area contributed by atoms with Gasteiger partial charge in [0.05, 0.1) is 33.2 Å². The molecule has 1 N–H and O–H groups in total. The van der Waals surface area contributed by atoms with Crippen LogP contribution < -0.4 is 14.5 Å². The number of methoxy groups -OCH3 is 1. The molecule has 2 aromatic rings. The van der Waals surface area contributed by atoms with Crippen LogP contribution in [0, 0.1) is 0 Å². The predicted octanol–water partition coefficient (Wildman–Crippen LogP) is 2.88. The van der Waals surface area contributed by atoms with Crippen LogP contribution in [0.15, 0.2) is 54.6 Å². The van der Waals surface area contributed by atoms with Crippen LogP contribution in [0.2, 0.25) is 0 Å². The highest BCUT2D eigenvalue weighted by molar-refractivity contribution is 5.96. The third-order valence-corrected chi connectivity index (χ3v) is 4.89. The quantitative estimate of drug-likeness (QED) is 0.655. The molecule has 4 nitrogen and oxygen atoms in total. The normalized spacial score (nSPS) is 16.5. The summed E-state index contributed by atoms with van der Waals surface area (Å²) in [6.07, 6.45) is 0.544. The van der Waals surface area contributed by atoms with E-state index in [4.69, 9.17) is 4.74 Å². The molecule has 3 rings (SSSR count). The van der Waals surface area contributed by atoms with Crippen LogP contribution in [-0.4, -0.2) is 45.6 Å². The Morgan fingerprint density at radius 3 is 2.42 bits per heavy atom. The van der Waals surface area contributed by atoms with Gasteiger partial charge in [0, 0.05) is 24.7 Å². The van der Waals surface area contributed by atoms with E-state index in [-0.39, 0.29) is 5.78 Å². The SMILES string of the molecule is COc1ccccc1[N+]1(CCC(=O)c2ccccc2)CCNCC1. The molecule has 1 saturated heterocycles. The Morgan fingerprint density at radius 1 is 1.04 bits per heavy atom. The van der Waals surface area contributed by atoms with Gasteiger partial charge in [0.25, 0.3) is 0 Å². The molecule has 24 heavy (non-hydrogen) atoms. The Hall–Kier alpha value is -2.17. The van der Waals surface area contributed by atoms with Crippen LogP contribution in [-0.2, 0) is 0 Å². The van der Waals surface area contributed by atoms with Gasteiger partial charge in [-0.25, -0.2) is 0 Å². The number of nitrogens with zero attached hydrogens (tertiary/aromatic N) is 1. The molecule has 2 aromatic carbocycles. The predicted molar refractivity (Wildman–Crippen MR) is 97.6 cm³/mol. The average Bonchev–Trinajstić information content (AvgIpc) is 2.67. The number of nitrogens with one attached hydrogen (secondary N) is 1. The van der Waals surface area contributed by atoms with Crippen LogP contribution in [0.5, 0.6) is 5.75 Å². The second-order valence-electron chi connectivity index (χ2n) is 6.28. The van der Waals surface area contributed by atoms with Gasteiger partial charge in [-0.3, -0.25) is 9.28 Å². The van der Waals surface area contributed by atoms with Crippen molar-refractivity contribution in [1.29, 1.82) is 0 Å². The van der Waals surface area contributed by atoms with Gasteiger partial charge in [-0.1, -0.05) is 42.5 Å². The van der Waals surface area contributed by atoms with Crippen molar-refractivity contribution in [2.45, 2.75) is 6.42 Å². The smallest absolute Gasteiger partial charge is 0.179 e. The number of rotatable bonds is 6. The number of hydrogen-bond donors (Lipinski definition) is 1.